The van der Waals surface area contributed by atoms with Crippen LogP contribution in [0.5, 0.6) is 0 Å². The minimum atomic E-state index is -3.73. The molecule has 0 saturated carbocycles. The van der Waals surface area contributed by atoms with Crippen molar-refractivity contribution in [3.8, 4) is 0 Å². The third-order valence-electron chi connectivity index (χ3n) is 3.03. The molecule has 2 N–H and O–H groups in total. The van der Waals surface area contributed by atoms with Crippen molar-refractivity contribution in [1.82, 2.24) is 4.31 Å². The lowest BCUT2D eigenvalue weighted by Gasteiger charge is -2.21. The first-order valence-electron chi connectivity index (χ1n) is 5.43. The van der Waals surface area contributed by atoms with Crippen LogP contribution >= 0.6 is 0 Å². The van der Waals surface area contributed by atoms with E-state index in [1.165, 1.54) is 16.4 Å². The highest BCUT2D eigenvalue weighted by Crippen LogP contribution is 2.36. The Bertz CT molecular complexity index is 518. The van der Waals surface area contributed by atoms with Crippen LogP contribution in [0.2, 0.25) is 0 Å². The zero-order chi connectivity index (χ0) is 12.6. The van der Waals surface area contributed by atoms with E-state index >= 15 is 0 Å². The van der Waals surface area contributed by atoms with Gasteiger partial charge >= 0.3 is 0 Å². The van der Waals surface area contributed by atoms with Crippen LogP contribution in [0.1, 0.15) is 24.9 Å². The summed E-state index contributed by atoms with van der Waals surface area (Å²) in [6, 6.07) is 5.65. The minimum absolute atomic E-state index is 0.224. The second-order valence-electron chi connectivity index (χ2n) is 4.53. The number of nitrogens with two attached hydrogens (primary N) is 1. The molecule has 94 valence electrons. The Kier molecular flexibility index (Phi) is 3.20. The molecule has 0 amide bonds. The van der Waals surface area contributed by atoms with E-state index in [2.05, 4.69) is 0 Å². The fourth-order valence-corrected chi connectivity index (χ4v) is 3.33. The second-order valence-corrected chi connectivity index (χ2v) is 6.03. The standard InChI is InChI=1S/C11H15FN2O2S/c1-8-5-11(14(7-8)17(13,15)16)9-3-2-4-10(12)6-9/h2-4,6,8,11H,5,7H2,1H3,(H2,13,15,16)/t8-,11+/m1/s1. The van der Waals surface area contributed by atoms with Crippen LogP contribution in [0.25, 0.3) is 0 Å². The zero-order valence-corrected chi connectivity index (χ0v) is 10.3. The molecule has 2 atom stereocenters. The van der Waals surface area contributed by atoms with Gasteiger partial charge < -0.3 is 0 Å². The molecule has 0 unspecified atom stereocenters. The fourth-order valence-electron chi connectivity index (χ4n) is 2.31. The van der Waals surface area contributed by atoms with E-state index < -0.39 is 10.2 Å². The summed E-state index contributed by atoms with van der Waals surface area (Å²) in [5.41, 5.74) is 0.656. The Balaban J connectivity index is 2.37. The predicted molar refractivity (Wildman–Crippen MR) is 62.7 cm³/mol. The fraction of sp³-hybridized carbons (Fsp3) is 0.455. The summed E-state index contributed by atoms with van der Waals surface area (Å²) in [4.78, 5) is 0. The normalized spacial score (nSPS) is 26.3. The lowest BCUT2D eigenvalue weighted by Crippen LogP contribution is -2.36. The average Bonchev–Trinajstić information content (AvgIpc) is 2.60. The van der Waals surface area contributed by atoms with Gasteiger partial charge in [0.1, 0.15) is 5.82 Å². The maximum Gasteiger partial charge on any atom is 0.277 e. The number of hydrogen-bond acceptors (Lipinski definition) is 2. The van der Waals surface area contributed by atoms with Crippen molar-refractivity contribution in [2.75, 3.05) is 6.54 Å². The molecular weight excluding hydrogens is 243 g/mol. The van der Waals surface area contributed by atoms with Gasteiger partial charge in [-0.05, 0) is 30.0 Å². The van der Waals surface area contributed by atoms with Crippen molar-refractivity contribution in [2.24, 2.45) is 11.1 Å². The summed E-state index contributed by atoms with van der Waals surface area (Å²) in [7, 11) is -3.73. The molecule has 1 aliphatic heterocycles. The molecule has 1 saturated heterocycles. The first kappa shape index (κ1) is 12.5. The first-order valence-corrected chi connectivity index (χ1v) is 6.93. The van der Waals surface area contributed by atoms with Gasteiger partial charge in [-0.25, -0.2) is 9.53 Å². The van der Waals surface area contributed by atoms with Crippen molar-refractivity contribution >= 4 is 10.2 Å². The highest BCUT2D eigenvalue weighted by molar-refractivity contribution is 7.86. The molecule has 1 heterocycles. The van der Waals surface area contributed by atoms with Gasteiger partial charge in [-0.15, -0.1) is 0 Å². The SMILES string of the molecule is C[C@@H]1C[C@@H](c2cccc(F)c2)N(S(N)(=O)=O)C1. The van der Waals surface area contributed by atoms with Gasteiger partial charge in [0.05, 0.1) is 6.04 Å². The molecule has 1 aliphatic rings. The topological polar surface area (TPSA) is 63.4 Å². The van der Waals surface area contributed by atoms with Crippen LogP contribution in [-0.4, -0.2) is 19.3 Å². The maximum absolute atomic E-state index is 13.1. The van der Waals surface area contributed by atoms with E-state index in [9.17, 15) is 12.8 Å². The zero-order valence-electron chi connectivity index (χ0n) is 9.51. The summed E-state index contributed by atoms with van der Waals surface area (Å²) in [5.74, 6) is -0.141. The third kappa shape index (κ3) is 2.65. The van der Waals surface area contributed by atoms with Gasteiger partial charge in [0, 0.05) is 6.54 Å². The molecule has 6 heteroatoms. The number of nitrogens with zero attached hydrogens (tertiary/aromatic N) is 1. The van der Waals surface area contributed by atoms with Crippen LogP contribution in [0.15, 0.2) is 24.3 Å². The van der Waals surface area contributed by atoms with Gasteiger partial charge in [-0.1, -0.05) is 19.1 Å². The molecule has 4 nitrogen and oxygen atoms in total. The van der Waals surface area contributed by atoms with E-state index in [-0.39, 0.29) is 17.8 Å². The smallest absolute Gasteiger partial charge is 0.216 e. The monoisotopic (exact) mass is 258 g/mol. The van der Waals surface area contributed by atoms with E-state index in [1.54, 1.807) is 12.1 Å². The second kappa shape index (κ2) is 4.36. The Hall–Kier alpha value is -0.980. The molecule has 17 heavy (non-hydrogen) atoms. The highest BCUT2D eigenvalue weighted by Gasteiger charge is 2.36. The van der Waals surface area contributed by atoms with E-state index in [0.29, 0.717) is 18.5 Å². The van der Waals surface area contributed by atoms with E-state index in [1.807, 2.05) is 6.92 Å². The van der Waals surface area contributed by atoms with Gasteiger partial charge in [0.25, 0.3) is 10.2 Å². The number of halogens is 1. The average molecular weight is 258 g/mol. The van der Waals surface area contributed by atoms with Crippen molar-refractivity contribution in [3.05, 3.63) is 35.6 Å². The third-order valence-corrected chi connectivity index (χ3v) is 4.08. The summed E-state index contributed by atoms with van der Waals surface area (Å²) >= 11 is 0. The van der Waals surface area contributed by atoms with Gasteiger partial charge in [0.2, 0.25) is 0 Å². The largest absolute Gasteiger partial charge is 0.277 e. The predicted octanol–water partition coefficient (Wildman–Crippen LogP) is 1.41. The molecule has 2 rings (SSSR count). The lowest BCUT2D eigenvalue weighted by atomic mass is 10.0. The molecular formula is C11H15FN2O2S. The van der Waals surface area contributed by atoms with Crippen LogP contribution < -0.4 is 5.14 Å². The van der Waals surface area contributed by atoms with Gasteiger partial charge in [-0.3, -0.25) is 0 Å². The highest BCUT2D eigenvalue weighted by atomic mass is 32.2. The quantitative estimate of drug-likeness (QED) is 0.871. The van der Waals surface area contributed by atoms with Gasteiger partial charge in [0.15, 0.2) is 0 Å². The van der Waals surface area contributed by atoms with Gasteiger partial charge in [-0.2, -0.15) is 12.7 Å². The van der Waals surface area contributed by atoms with Crippen LogP contribution in [0.4, 0.5) is 4.39 Å². The van der Waals surface area contributed by atoms with Crippen molar-refractivity contribution in [3.63, 3.8) is 0 Å². The molecule has 1 aromatic carbocycles. The molecule has 0 aromatic heterocycles. The summed E-state index contributed by atoms with van der Waals surface area (Å²) in [6.45, 7) is 2.34. The van der Waals surface area contributed by atoms with Crippen LogP contribution in [0.3, 0.4) is 0 Å². The van der Waals surface area contributed by atoms with E-state index in [4.69, 9.17) is 5.14 Å². The summed E-state index contributed by atoms with van der Waals surface area (Å²) in [5, 5.41) is 5.17. The van der Waals surface area contributed by atoms with Crippen molar-refractivity contribution < 1.29 is 12.8 Å². The lowest BCUT2D eigenvalue weighted by molar-refractivity contribution is 0.394. The first-order chi connectivity index (χ1) is 7.88. The summed E-state index contributed by atoms with van der Waals surface area (Å²) < 4.78 is 37.3. The number of hydrogen-bond donors (Lipinski definition) is 1. The number of rotatable bonds is 2. The minimum Gasteiger partial charge on any atom is -0.216 e. The molecule has 0 bridgehead atoms. The summed E-state index contributed by atoms with van der Waals surface area (Å²) in [6.07, 6.45) is 0.667. The molecule has 0 aliphatic carbocycles. The maximum atomic E-state index is 13.1. The Morgan fingerprint density at radius 2 is 2.18 bits per heavy atom. The van der Waals surface area contributed by atoms with Crippen LogP contribution in [-0.2, 0) is 10.2 Å². The Morgan fingerprint density at radius 1 is 1.47 bits per heavy atom. The Labute approximate surface area is 100 Å². The molecule has 0 spiro atoms. The number of benzene rings is 1. The van der Waals surface area contributed by atoms with Crippen LogP contribution in [0, 0.1) is 11.7 Å². The van der Waals surface area contributed by atoms with E-state index in [0.717, 1.165) is 0 Å². The molecule has 1 fully saturated rings. The van der Waals surface area contributed by atoms with Crippen molar-refractivity contribution in [2.45, 2.75) is 19.4 Å². The molecule has 0 radical (unpaired) electrons. The molecule has 1 aromatic rings. The van der Waals surface area contributed by atoms with Crippen molar-refractivity contribution in [1.29, 1.82) is 0 Å². The Morgan fingerprint density at radius 3 is 2.76 bits per heavy atom.